The largest absolute Gasteiger partial charge is 0.480 e. The van der Waals surface area contributed by atoms with Crippen LogP contribution in [0.4, 0.5) is 21.5 Å². The summed E-state index contributed by atoms with van der Waals surface area (Å²) in [4.78, 5) is 35.2. The second-order valence-electron chi connectivity index (χ2n) is 7.87. The lowest BCUT2D eigenvalue weighted by Gasteiger charge is -2.09. The number of carboxylic acids is 3. The van der Waals surface area contributed by atoms with Crippen LogP contribution in [-0.2, 0) is 14.4 Å². The molecule has 204 valence electrons. The third-order valence-electron chi connectivity index (χ3n) is 4.61. The minimum atomic E-state index is -0.940. The lowest BCUT2D eigenvalue weighted by atomic mass is 10.2. The van der Waals surface area contributed by atoms with E-state index < -0.39 is 36.0 Å². The second kappa shape index (κ2) is 16.4. The van der Waals surface area contributed by atoms with Gasteiger partial charge in [0.1, 0.15) is 23.9 Å². The van der Waals surface area contributed by atoms with Gasteiger partial charge in [0.05, 0.1) is 5.69 Å². The van der Waals surface area contributed by atoms with Crippen molar-refractivity contribution in [1.82, 2.24) is 4.98 Å². The van der Waals surface area contributed by atoms with Crippen molar-refractivity contribution in [3.05, 3.63) is 83.9 Å². The third-order valence-corrected chi connectivity index (χ3v) is 4.86. The molecule has 0 bridgehead atoms. The van der Waals surface area contributed by atoms with Crippen LogP contribution in [0.5, 0.6) is 0 Å². The first-order valence-electron chi connectivity index (χ1n) is 11.3. The third kappa shape index (κ3) is 13.1. The highest BCUT2D eigenvalue weighted by molar-refractivity contribution is 6.30. The Labute approximate surface area is 224 Å². The molecule has 1 heterocycles. The number of carboxylic acid groups (broad SMARTS) is 3. The predicted molar refractivity (Wildman–Crippen MR) is 144 cm³/mol. The van der Waals surface area contributed by atoms with Gasteiger partial charge in [0.15, 0.2) is 0 Å². The Hall–Kier alpha value is -4.38. The van der Waals surface area contributed by atoms with Crippen molar-refractivity contribution in [3.63, 3.8) is 0 Å². The summed E-state index contributed by atoms with van der Waals surface area (Å²) in [6, 6.07) is 14.1. The molecule has 0 fully saturated rings. The summed E-state index contributed by atoms with van der Waals surface area (Å²) in [6.45, 7) is 4.68. The van der Waals surface area contributed by atoms with E-state index in [0.29, 0.717) is 16.4 Å². The van der Waals surface area contributed by atoms with E-state index in [2.05, 4.69) is 20.9 Å². The molecule has 10 nitrogen and oxygen atoms in total. The van der Waals surface area contributed by atoms with E-state index in [4.69, 9.17) is 26.9 Å². The molecule has 1 aromatic heterocycles. The van der Waals surface area contributed by atoms with Crippen LogP contribution in [0, 0.1) is 5.82 Å². The average molecular weight is 549 g/mol. The topological polar surface area (TPSA) is 161 Å². The van der Waals surface area contributed by atoms with E-state index >= 15 is 0 Å². The number of aromatic nitrogens is 1. The molecule has 0 amide bonds. The van der Waals surface area contributed by atoms with E-state index in [1.54, 1.807) is 62.6 Å². The Balaban J connectivity index is 0.000000285. The van der Waals surface area contributed by atoms with Crippen molar-refractivity contribution in [3.8, 4) is 0 Å². The fourth-order valence-electron chi connectivity index (χ4n) is 2.48. The Morgan fingerprint density at radius 2 is 1.11 bits per heavy atom. The van der Waals surface area contributed by atoms with E-state index in [-0.39, 0.29) is 5.82 Å². The quantitative estimate of drug-likeness (QED) is 0.217. The molecule has 0 aliphatic carbocycles. The van der Waals surface area contributed by atoms with Gasteiger partial charge in [-0.15, -0.1) is 0 Å². The molecule has 3 rings (SSSR count). The van der Waals surface area contributed by atoms with E-state index in [1.165, 1.54) is 31.2 Å². The van der Waals surface area contributed by atoms with Gasteiger partial charge in [0, 0.05) is 28.8 Å². The standard InChI is InChI=1S/C9H10ClNO2.C9H10FNO2.C8H10N2O2/c2*1-6(9(12)13)11-8-4-2-7(10)3-5-8;1-6(8(11)12)10-7-3-2-4-9-5-7/h2*2-6,11H,1H3,(H,12,13);2-6,10H,1H3,(H,11,12)/t3*6-/m000/s1. The number of rotatable bonds is 9. The number of halogens is 2. The van der Waals surface area contributed by atoms with Gasteiger partial charge in [-0.3, -0.25) is 19.4 Å². The second-order valence-corrected chi connectivity index (χ2v) is 8.30. The summed E-state index contributed by atoms with van der Waals surface area (Å²) in [5.74, 6) is -3.04. The van der Waals surface area contributed by atoms with Crippen molar-refractivity contribution in [2.75, 3.05) is 16.0 Å². The van der Waals surface area contributed by atoms with Crippen LogP contribution < -0.4 is 16.0 Å². The van der Waals surface area contributed by atoms with Gasteiger partial charge in [0.2, 0.25) is 0 Å². The van der Waals surface area contributed by atoms with Gasteiger partial charge in [-0.05, 0) is 81.4 Å². The molecule has 3 atom stereocenters. The zero-order valence-corrected chi connectivity index (χ0v) is 21.7. The van der Waals surface area contributed by atoms with Crippen LogP contribution in [0.1, 0.15) is 20.8 Å². The van der Waals surface area contributed by atoms with Gasteiger partial charge in [0.25, 0.3) is 0 Å². The predicted octanol–water partition coefficient (Wildman–Crippen LogP) is 4.90. The summed E-state index contributed by atoms with van der Waals surface area (Å²) in [5.41, 5.74) is 2.06. The molecule has 0 aliphatic rings. The number of aliphatic carboxylic acids is 3. The minimum absolute atomic E-state index is 0.339. The molecule has 0 saturated carbocycles. The number of nitrogens with zero attached hydrogens (tertiary/aromatic N) is 1. The number of carbonyl (C=O) groups is 3. The molecular formula is C26H30ClFN4O6. The van der Waals surface area contributed by atoms with Gasteiger partial charge < -0.3 is 31.3 Å². The number of benzene rings is 2. The molecule has 0 radical (unpaired) electrons. The highest BCUT2D eigenvalue weighted by atomic mass is 35.5. The first-order valence-corrected chi connectivity index (χ1v) is 11.7. The molecule has 3 aromatic rings. The molecule has 6 N–H and O–H groups in total. The number of pyridine rings is 1. The summed E-state index contributed by atoms with van der Waals surface area (Å²) >= 11 is 5.67. The first kappa shape index (κ1) is 31.6. The van der Waals surface area contributed by atoms with Crippen LogP contribution in [-0.4, -0.2) is 56.3 Å². The van der Waals surface area contributed by atoms with Crippen molar-refractivity contribution in [1.29, 1.82) is 0 Å². The molecule has 0 unspecified atom stereocenters. The highest BCUT2D eigenvalue weighted by Crippen LogP contribution is 2.14. The van der Waals surface area contributed by atoms with Crippen LogP contribution in [0.2, 0.25) is 5.02 Å². The maximum absolute atomic E-state index is 12.4. The van der Waals surface area contributed by atoms with Crippen LogP contribution in [0.3, 0.4) is 0 Å². The average Bonchev–Trinajstić information content (AvgIpc) is 2.88. The smallest absolute Gasteiger partial charge is 0.325 e. The Morgan fingerprint density at radius 3 is 1.47 bits per heavy atom. The number of nitrogens with one attached hydrogen (secondary N) is 3. The van der Waals surface area contributed by atoms with Gasteiger partial charge in [-0.25, -0.2) is 4.39 Å². The lowest BCUT2D eigenvalue weighted by molar-refractivity contribution is -0.138. The lowest BCUT2D eigenvalue weighted by Crippen LogP contribution is -2.25. The summed E-state index contributed by atoms with van der Waals surface area (Å²) in [7, 11) is 0. The first-order chi connectivity index (χ1) is 17.9. The summed E-state index contributed by atoms with van der Waals surface area (Å²) in [6.07, 6.45) is 3.22. The molecule has 0 saturated heterocycles. The van der Waals surface area contributed by atoms with E-state index in [1.807, 2.05) is 0 Å². The summed E-state index contributed by atoms with van der Waals surface area (Å²) in [5, 5.41) is 34.7. The number of hydrogen-bond acceptors (Lipinski definition) is 7. The zero-order chi connectivity index (χ0) is 28.7. The molecule has 38 heavy (non-hydrogen) atoms. The van der Waals surface area contributed by atoms with Crippen LogP contribution >= 0.6 is 11.6 Å². The van der Waals surface area contributed by atoms with Crippen molar-refractivity contribution < 1.29 is 34.1 Å². The van der Waals surface area contributed by atoms with E-state index in [9.17, 15) is 18.8 Å². The van der Waals surface area contributed by atoms with Gasteiger partial charge in [-0.1, -0.05) is 11.6 Å². The number of anilines is 3. The van der Waals surface area contributed by atoms with Crippen LogP contribution in [0.25, 0.3) is 0 Å². The highest BCUT2D eigenvalue weighted by Gasteiger charge is 2.10. The van der Waals surface area contributed by atoms with Crippen LogP contribution in [0.15, 0.2) is 73.1 Å². The van der Waals surface area contributed by atoms with Gasteiger partial charge >= 0.3 is 17.9 Å². The van der Waals surface area contributed by atoms with Gasteiger partial charge in [-0.2, -0.15) is 0 Å². The van der Waals surface area contributed by atoms with Crippen molar-refractivity contribution >= 4 is 46.6 Å². The summed E-state index contributed by atoms with van der Waals surface area (Å²) < 4.78 is 12.4. The molecule has 2 aromatic carbocycles. The normalized spacial score (nSPS) is 12.1. The molecule has 0 spiro atoms. The molecule has 0 aliphatic heterocycles. The van der Waals surface area contributed by atoms with E-state index in [0.717, 1.165) is 5.69 Å². The Morgan fingerprint density at radius 1 is 0.711 bits per heavy atom. The Kier molecular flexibility index (Phi) is 13.6. The fraction of sp³-hybridized carbons (Fsp3) is 0.231. The maximum Gasteiger partial charge on any atom is 0.325 e. The van der Waals surface area contributed by atoms with Crippen molar-refractivity contribution in [2.45, 2.75) is 38.9 Å². The SMILES string of the molecule is C[C@H](Nc1ccc(Cl)cc1)C(=O)O.C[C@H](Nc1ccc(F)cc1)C(=O)O.C[C@H](Nc1cccnc1)C(=O)O. The fourth-order valence-corrected chi connectivity index (χ4v) is 2.60. The van der Waals surface area contributed by atoms with Crippen molar-refractivity contribution in [2.24, 2.45) is 0 Å². The Bertz CT molecular complexity index is 1090. The monoisotopic (exact) mass is 548 g/mol. The minimum Gasteiger partial charge on any atom is -0.480 e. The maximum atomic E-state index is 12.4. The molecular weight excluding hydrogens is 519 g/mol. The zero-order valence-electron chi connectivity index (χ0n) is 20.9. The number of hydrogen-bond donors (Lipinski definition) is 6. The molecule has 12 heteroatoms.